The number of nitriles is 2. The van der Waals surface area contributed by atoms with Crippen molar-refractivity contribution in [2.24, 2.45) is 0 Å². The largest absolute Gasteiger partial charge is 0.309 e. The van der Waals surface area contributed by atoms with E-state index in [0.717, 1.165) is 44.1 Å². The van der Waals surface area contributed by atoms with Gasteiger partial charge in [0.25, 0.3) is 0 Å². The third kappa shape index (κ3) is 3.40. The normalized spacial score (nSPS) is 11.3. The highest BCUT2D eigenvalue weighted by Crippen LogP contribution is 2.41. The molecule has 0 N–H and O–H groups in total. The molecular formula is C38H22N4. The smallest absolute Gasteiger partial charge is 0.101 e. The Morgan fingerprint density at radius 2 is 1.17 bits per heavy atom. The van der Waals surface area contributed by atoms with E-state index in [1.807, 2.05) is 18.2 Å². The van der Waals surface area contributed by atoms with Crippen LogP contribution in [-0.2, 0) is 0 Å². The van der Waals surface area contributed by atoms with Crippen LogP contribution in [0.4, 0.5) is 0 Å². The molecule has 42 heavy (non-hydrogen) atoms. The number of aromatic nitrogens is 2. The van der Waals surface area contributed by atoms with E-state index in [1.54, 1.807) is 12.1 Å². The maximum Gasteiger partial charge on any atom is 0.101 e. The van der Waals surface area contributed by atoms with E-state index >= 15 is 0 Å². The molecule has 0 aliphatic heterocycles. The van der Waals surface area contributed by atoms with Crippen molar-refractivity contribution in [3.63, 3.8) is 0 Å². The zero-order valence-electron chi connectivity index (χ0n) is 22.5. The quantitative estimate of drug-likeness (QED) is 0.227. The summed E-state index contributed by atoms with van der Waals surface area (Å²) in [7, 11) is 0. The second kappa shape index (κ2) is 9.24. The van der Waals surface area contributed by atoms with Gasteiger partial charge in [-0.2, -0.15) is 10.5 Å². The molecule has 0 amide bonds. The zero-order chi connectivity index (χ0) is 28.2. The highest BCUT2D eigenvalue weighted by Gasteiger charge is 2.19. The Balaban J connectivity index is 1.44. The molecule has 0 aliphatic carbocycles. The van der Waals surface area contributed by atoms with Gasteiger partial charge in [0.05, 0.1) is 45.0 Å². The van der Waals surface area contributed by atoms with Gasteiger partial charge in [0.15, 0.2) is 0 Å². The average Bonchev–Trinajstić information content (AvgIpc) is 3.57. The van der Waals surface area contributed by atoms with Crippen molar-refractivity contribution in [1.29, 1.82) is 10.5 Å². The molecule has 0 spiro atoms. The van der Waals surface area contributed by atoms with Crippen LogP contribution >= 0.6 is 0 Å². The monoisotopic (exact) mass is 534 g/mol. The molecule has 8 aromatic rings. The summed E-state index contributed by atoms with van der Waals surface area (Å²) in [5.74, 6) is 0. The van der Waals surface area contributed by atoms with Crippen molar-refractivity contribution >= 4 is 43.6 Å². The van der Waals surface area contributed by atoms with Crippen molar-refractivity contribution in [3.8, 4) is 34.6 Å². The average molecular weight is 535 g/mol. The minimum atomic E-state index is 0.520. The number of fused-ring (bicyclic) bond motifs is 6. The molecule has 0 aliphatic rings. The van der Waals surface area contributed by atoms with Crippen LogP contribution in [0.25, 0.3) is 66.1 Å². The Kier molecular flexibility index (Phi) is 5.22. The van der Waals surface area contributed by atoms with Crippen molar-refractivity contribution in [1.82, 2.24) is 9.13 Å². The Bertz CT molecular complexity index is 2430. The van der Waals surface area contributed by atoms with E-state index in [0.29, 0.717) is 16.8 Å². The predicted octanol–water partition coefficient (Wildman–Crippen LogP) is 9.29. The number of hydrogen-bond acceptors (Lipinski definition) is 2. The Morgan fingerprint density at radius 3 is 1.95 bits per heavy atom. The van der Waals surface area contributed by atoms with Gasteiger partial charge < -0.3 is 9.13 Å². The molecule has 6 aromatic carbocycles. The molecule has 0 unspecified atom stereocenters. The minimum Gasteiger partial charge on any atom is -0.309 e. The van der Waals surface area contributed by atoms with E-state index < -0.39 is 0 Å². The molecule has 0 atom stereocenters. The van der Waals surface area contributed by atoms with Gasteiger partial charge in [-0.05, 0) is 71.8 Å². The summed E-state index contributed by atoms with van der Waals surface area (Å²) in [6.07, 6.45) is 0. The van der Waals surface area contributed by atoms with Crippen molar-refractivity contribution < 1.29 is 0 Å². The van der Waals surface area contributed by atoms with Gasteiger partial charge in [-0.15, -0.1) is 0 Å². The Morgan fingerprint density at radius 1 is 0.476 bits per heavy atom. The first-order valence-electron chi connectivity index (χ1n) is 13.8. The second-order valence-electron chi connectivity index (χ2n) is 10.4. The maximum atomic E-state index is 9.98. The van der Waals surface area contributed by atoms with Gasteiger partial charge in [-0.25, -0.2) is 0 Å². The summed E-state index contributed by atoms with van der Waals surface area (Å²) in [5.41, 5.74) is 9.45. The minimum absolute atomic E-state index is 0.520. The zero-order valence-corrected chi connectivity index (χ0v) is 22.5. The highest BCUT2D eigenvalue weighted by atomic mass is 15.0. The lowest BCUT2D eigenvalue weighted by Crippen LogP contribution is -1.98. The van der Waals surface area contributed by atoms with Gasteiger partial charge in [-0.3, -0.25) is 0 Å². The van der Waals surface area contributed by atoms with Gasteiger partial charge in [0.1, 0.15) is 6.07 Å². The lowest BCUT2D eigenvalue weighted by Gasteiger charge is -2.11. The molecular weight excluding hydrogens is 512 g/mol. The number of rotatable bonds is 3. The number of para-hydroxylation sites is 3. The summed E-state index contributed by atoms with van der Waals surface area (Å²) in [6.45, 7) is 0. The third-order valence-corrected chi connectivity index (χ3v) is 8.18. The van der Waals surface area contributed by atoms with E-state index in [-0.39, 0.29) is 0 Å². The highest BCUT2D eigenvalue weighted by molar-refractivity contribution is 6.17. The number of benzene rings is 6. The van der Waals surface area contributed by atoms with Crippen LogP contribution in [-0.4, -0.2) is 9.13 Å². The first kappa shape index (κ1) is 23.8. The second-order valence-corrected chi connectivity index (χ2v) is 10.4. The van der Waals surface area contributed by atoms with Gasteiger partial charge in [0.2, 0.25) is 0 Å². The topological polar surface area (TPSA) is 57.4 Å². The SMILES string of the molecule is N#Cc1ccc(C#N)c(-n2c3ccccc3c3c(-c4ccc5c(c4)c4ccccc4n5-c4ccccc4)cccc32)c1. The fraction of sp³-hybridized carbons (Fsp3) is 0. The van der Waals surface area contributed by atoms with Gasteiger partial charge in [0, 0.05) is 27.2 Å². The number of nitrogens with zero attached hydrogens (tertiary/aromatic N) is 4. The molecule has 0 fully saturated rings. The molecule has 2 heterocycles. The third-order valence-electron chi connectivity index (χ3n) is 8.18. The van der Waals surface area contributed by atoms with Gasteiger partial charge in [-0.1, -0.05) is 72.8 Å². The van der Waals surface area contributed by atoms with Crippen LogP contribution in [0.15, 0.2) is 133 Å². The lowest BCUT2D eigenvalue weighted by atomic mass is 9.98. The maximum absolute atomic E-state index is 9.98. The molecule has 4 heteroatoms. The summed E-state index contributed by atoms with van der Waals surface area (Å²) in [6, 6.07) is 50.2. The number of hydrogen-bond donors (Lipinski definition) is 0. The van der Waals surface area contributed by atoms with Crippen molar-refractivity contribution in [3.05, 3.63) is 145 Å². The Hall–Kier alpha value is -6.10. The van der Waals surface area contributed by atoms with Gasteiger partial charge >= 0.3 is 0 Å². The molecule has 0 radical (unpaired) electrons. The standard InChI is InChI=1S/C38H22N4/c39-23-25-17-18-27(24-40)37(21-25)42-34-15-7-5-12-31(34)38-29(13-8-16-36(38)42)26-19-20-35-32(22-26)30-11-4-6-14-33(30)41(35)28-9-2-1-3-10-28/h1-22H. The van der Waals surface area contributed by atoms with Crippen molar-refractivity contribution in [2.75, 3.05) is 0 Å². The summed E-state index contributed by atoms with van der Waals surface area (Å²) in [5, 5.41) is 24.2. The molecule has 0 saturated heterocycles. The lowest BCUT2D eigenvalue weighted by molar-refractivity contribution is 1.16. The van der Waals surface area contributed by atoms with Crippen LogP contribution in [0.3, 0.4) is 0 Å². The first-order valence-corrected chi connectivity index (χ1v) is 13.8. The molecule has 2 aromatic heterocycles. The first-order chi connectivity index (χ1) is 20.8. The summed E-state index contributed by atoms with van der Waals surface area (Å²) in [4.78, 5) is 0. The van der Waals surface area contributed by atoms with Crippen LogP contribution in [0, 0.1) is 22.7 Å². The van der Waals surface area contributed by atoms with E-state index in [1.165, 1.54) is 16.3 Å². The van der Waals surface area contributed by atoms with Crippen LogP contribution in [0.5, 0.6) is 0 Å². The fourth-order valence-corrected chi connectivity index (χ4v) is 6.40. The molecule has 0 saturated carbocycles. The van der Waals surface area contributed by atoms with Crippen LogP contribution in [0.2, 0.25) is 0 Å². The predicted molar refractivity (Wildman–Crippen MR) is 170 cm³/mol. The summed E-state index contributed by atoms with van der Waals surface area (Å²) < 4.78 is 4.44. The van der Waals surface area contributed by atoms with Crippen LogP contribution < -0.4 is 0 Å². The van der Waals surface area contributed by atoms with E-state index in [4.69, 9.17) is 0 Å². The molecule has 4 nitrogen and oxygen atoms in total. The fourth-order valence-electron chi connectivity index (χ4n) is 6.40. The van der Waals surface area contributed by atoms with Crippen molar-refractivity contribution in [2.45, 2.75) is 0 Å². The molecule has 0 bridgehead atoms. The Labute approximate surface area is 242 Å². The van der Waals surface area contributed by atoms with E-state index in [2.05, 4.69) is 124 Å². The molecule has 8 rings (SSSR count). The van der Waals surface area contributed by atoms with Crippen LogP contribution in [0.1, 0.15) is 11.1 Å². The van der Waals surface area contributed by atoms with E-state index in [9.17, 15) is 10.5 Å². The molecule has 194 valence electrons. The summed E-state index contributed by atoms with van der Waals surface area (Å²) >= 11 is 0.